The third-order valence-electron chi connectivity index (χ3n) is 3.58. The molecule has 27 heavy (non-hydrogen) atoms. The predicted molar refractivity (Wildman–Crippen MR) is 102 cm³/mol. The molecular formula is C19H16ClFN4O2. The van der Waals surface area contributed by atoms with Crippen LogP contribution in [0.4, 0.5) is 21.7 Å². The van der Waals surface area contributed by atoms with Crippen molar-refractivity contribution in [3.8, 4) is 5.75 Å². The number of amides is 1. The molecule has 2 N–H and O–H groups in total. The van der Waals surface area contributed by atoms with E-state index in [0.717, 1.165) is 0 Å². The van der Waals surface area contributed by atoms with Crippen molar-refractivity contribution < 1.29 is 13.9 Å². The van der Waals surface area contributed by atoms with Crippen LogP contribution in [0.5, 0.6) is 5.75 Å². The van der Waals surface area contributed by atoms with Crippen LogP contribution in [0.1, 0.15) is 16.2 Å². The van der Waals surface area contributed by atoms with Crippen LogP contribution < -0.4 is 15.4 Å². The number of nitrogens with one attached hydrogen (secondary N) is 2. The highest BCUT2D eigenvalue weighted by molar-refractivity contribution is 6.32. The molecule has 0 spiro atoms. The van der Waals surface area contributed by atoms with Gasteiger partial charge >= 0.3 is 0 Å². The van der Waals surface area contributed by atoms with E-state index in [9.17, 15) is 9.18 Å². The van der Waals surface area contributed by atoms with Crippen molar-refractivity contribution in [2.24, 2.45) is 0 Å². The maximum Gasteiger partial charge on any atom is 0.274 e. The summed E-state index contributed by atoms with van der Waals surface area (Å²) in [5.74, 6) is -0.129. The van der Waals surface area contributed by atoms with Crippen LogP contribution in [0.3, 0.4) is 0 Å². The largest absolute Gasteiger partial charge is 0.495 e. The monoisotopic (exact) mass is 386 g/mol. The lowest BCUT2D eigenvalue weighted by molar-refractivity contribution is 0.102. The van der Waals surface area contributed by atoms with Crippen molar-refractivity contribution in [3.63, 3.8) is 0 Å². The van der Waals surface area contributed by atoms with Gasteiger partial charge < -0.3 is 15.4 Å². The Morgan fingerprint density at radius 1 is 1.11 bits per heavy atom. The summed E-state index contributed by atoms with van der Waals surface area (Å²) in [7, 11) is 1.53. The van der Waals surface area contributed by atoms with Gasteiger partial charge in [-0.05, 0) is 49.4 Å². The minimum absolute atomic E-state index is 0.147. The molecule has 1 amide bonds. The van der Waals surface area contributed by atoms with Crippen molar-refractivity contribution in [2.45, 2.75) is 6.92 Å². The van der Waals surface area contributed by atoms with Crippen molar-refractivity contribution >= 4 is 34.8 Å². The third-order valence-corrected chi connectivity index (χ3v) is 3.87. The smallest absolute Gasteiger partial charge is 0.274 e. The summed E-state index contributed by atoms with van der Waals surface area (Å²) in [4.78, 5) is 20.9. The standard InChI is InChI=1S/C19H16ClFN4O2/c1-11-8-16(18(26)23-13-5-3-4-12(21)9-13)25-19(22-11)24-14-6-7-17(27-2)15(20)10-14/h3-10H,1-2H3,(H,23,26)(H,22,24,25). The fourth-order valence-corrected chi connectivity index (χ4v) is 2.63. The Balaban J connectivity index is 1.81. The zero-order chi connectivity index (χ0) is 19.4. The van der Waals surface area contributed by atoms with E-state index in [1.807, 2.05) is 0 Å². The van der Waals surface area contributed by atoms with Crippen LogP contribution in [0.15, 0.2) is 48.5 Å². The Morgan fingerprint density at radius 3 is 2.63 bits per heavy atom. The fraction of sp³-hybridized carbons (Fsp3) is 0.105. The van der Waals surface area contributed by atoms with Gasteiger partial charge in [0.25, 0.3) is 5.91 Å². The van der Waals surface area contributed by atoms with Crippen molar-refractivity contribution in [1.82, 2.24) is 9.97 Å². The number of hydrogen-bond donors (Lipinski definition) is 2. The second-order valence-corrected chi connectivity index (χ2v) is 6.06. The average molecular weight is 387 g/mol. The second-order valence-electron chi connectivity index (χ2n) is 5.66. The van der Waals surface area contributed by atoms with E-state index in [4.69, 9.17) is 16.3 Å². The molecule has 0 radical (unpaired) electrons. The van der Waals surface area contributed by atoms with E-state index >= 15 is 0 Å². The number of methoxy groups -OCH3 is 1. The van der Waals surface area contributed by atoms with E-state index in [0.29, 0.717) is 27.8 Å². The molecule has 6 nitrogen and oxygen atoms in total. The third kappa shape index (κ3) is 4.71. The number of carbonyl (C=O) groups excluding carboxylic acids is 1. The normalized spacial score (nSPS) is 10.4. The Hall–Kier alpha value is -3.19. The van der Waals surface area contributed by atoms with Crippen molar-refractivity contribution in [2.75, 3.05) is 17.7 Å². The van der Waals surface area contributed by atoms with Gasteiger partial charge in [-0.2, -0.15) is 0 Å². The lowest BCUT2D eigenvalue weighted by Gasteiger charge is -2.10. The van der Waals surface area contributed by atoms with Crippen LogP contribution in [0.25, 0.3) is 0 Å². The van der Waals surface area contributed by atoms with E-state index in [2.05, 4.69) is 20.6 Å². The average Bonchev–Trinajstić information content (AvgIpc) is 2.61. The molecule has 1 aromatic heterocycles. The number of hydrogen-bond acceptors (Lipinski definition) is 5. The summed E-state index contributed by atoms with van der Waals surface area (Å²) < 4.78 is 18.4. The number of aryl methyl sites for hydroxylation is 1. The molecule has 0 unspecified atom stereocenters. The van der Waals surface area contributed by atoms with Crippen molar-refractivity contribution in [3.05, 3.63) is 70.8 Å². The maximum atomic E-state index is 13.3. The summed E-state index contributed by atoms with van der Waals surface area (Å²) in [6.45, 7) is 1.74. The fourth-order valence-electron chi connectivity index (χ4n) is 2.38. The highest BCUT2D eigenvalue weighted by Crippen LogP contribution is 2.28. The molecule has 2 aromatic carbocycles. The van der Waals surface area contributed by atoms with Crippen LogP contribution >= 0.6 is 11.6 Å². The minimum atomic E-state index is -0.470. The molecule has 0 aliphatic carbocycles. The first-order valence-electron chi connectivity index (χ1n) is 7.98. The number of aromatic nitrogens is 2. The Bertz CT molecular complexity index is 997. The van der Waals surface area contributed by atoms with Gasteiger partial charge in [0.2, 0.25) is 5.95 Å². The molecule has 0 aliphatic heterocycles. The number of ether oxygens (including phenoxy) is 1. The van der Waals surface area contributed by atoms with Crippen LogP contribution in [-0.2, 0) is 0 Å². The molecule has 0 atom stereocenters. The van der Waals surface area contributed by atoms with E-state index in [1.165, 1.54) is 25.3 Å². The zero-order valence-electron chi connectivity index (χ0n) is 14.6. The number of anilines is 3. The van der Waals surface area contributed by atoms with Crippen LogP contribution in [0.2, 0.25) is 5.02 Å². The van der Waals surface area contributed by atoms with Gasteiger partial charge in [-0.1, -0.05) is 17.7 Å². The van der Waals surface area contributed by atoms with Gasteiger partial charge in [-0.15, -0.1) is 0 Å². The number of rotatable bonds is 5. The molecule has 0 fully saturated rings. The van der Waals surface area contributed by atoms with Gasteiger partial charge in [-0.25, -0.2) is 14.4 Å². The van der Waals surface area contributed by atoms with Crippen LogP contribution in [0, 0.1) is 12.7 Å². The lowest BCUT2D eigenvalue weighted by Crippen LogP contribution is -2.15. The first-order chi connectivity index (χ1) is 12.9. The number of halogens is 2. The molecule has 0 aliphatic rings. The number of carbonyl (C=O) groups is 1. The molecule has 3 rings (SSSR count). The van der Waals surface area contributed by atoms with Gasteiger partial charge in [0.1, 0.15) is 17.3 Å². The molecule has 8 heteroatoms. The van der Waals surface area contributed by atoms with Gasteiger partial charge in [0.05, 0.1) is 12.1 Å². The highest BCUT2D eigenvalue weighted by Gasteiger charge is 2.12. The second kappa shape index (κ2) is 8.01. The minimum Gasteiger partial charge on any atom is -0.495 e. The highest BCUT2D eigenvalue weighted by atomic mass is 35.5. The summed E-state index contributed by atoms with van der Waals surface area (Å²) >= 11 is 6.11. The molecule has 0 bridgehead atoms. The number of benzene rings is 2. The Morgan fingerprint density at radius 2 is 1.93 bits per heavy atom. The Labute approximate surface area is 160 Å². The SMILES string of the molecule is COc1ccc(Nc2nc(C)cc(C(=O)Nc3cccc(F)c3)n2)cc1Cl. The maximum absolute atomic E-state index is 13.3. The molecule has 1 heterocycles. The molecule has 138 valence electrons. The van der Waals surface area contributed by atoms with Gasteiger partial charge in [0, 0.05) is 17.1 Å². The van der Waals surface area contributed by atoms with Gasteiger partial charge in [0.15, 0.2) is 0 Å². The quantitative estimate of drug-likeness (QED) is 0.671. The van der Waals surface area contributed by atoms with Crippen LogP contribution in [-0.4, -0.2) is 23.0 Å². The molecular weight excluding hydrogens is 371 g/mol. The molecule has 3 aromatic rings. The Kier molecular flexibility index (Phi) is 5.52. The topological polar surface area (TPSA) is 76.1 Å². The van der Waals surface area contributed by atoms with E-state index in [-0.39, 0.29) is 11.6 Å². The summed E-state index contributed by atoms with van der Waals surface area (Å²) in [6, 6.07) is 12.3. The van der Waals surface area contributed by atoms with E-state index in [1.54, 1.807) is 37.3 Å². The molecule has 0 saturated heterocycles. The van der Waals surface area contributed by atoms with E-state index < -0.39 is 11.7 Å². The first-order valence-corrected chi connectivity index (χ1v) is 8.35. The summed E-state index contributed by atoms with van der Waals surface area (Å²) in [5.41, 5.74) is 1.72. The predicted octanol–water partition coefficient (Wildman–Crippen LogP) is 4.58. The zero-order valence-corrected chi connectivity index (χ0v) is 15.3. The molecule has 0 saturated carbocycles. The number of nitrogens with zero attached hydrogens (tertiary/aromatic N) is 2. The summed E-state index contributed by atoms with van der Waals surface area (Å²) in [5, 5.41) is 6.04. The first kappa shape index (κ1) is 18.6. The van der Waals surface area contributed by atoms with Gasteiger partial charge in [-0.3, -0.25) is 4.79 Å². The van der Waals surface area contributed by atoms with Crippen molar-refractivity contribution in [1.29, 1.82) is 0 Å². The lowest BCUT2D eigenvalue weighted by atomic mass is 10.2. The summed E-state index contributed by atoms with van der Waals surface area (Å²) in [6.07, 6.45) is 0.